The number of halogens is 1. The molecule has 0 aromatic heterocycles. The maximum absolute atomic E-state index is 12.9. The van der Waals surface area contributed by atoms with E-state index in [-0.39, 0.29) is 17.1 Å². The molecule has 1 N–H and O–H groups in total. The topological polar surface area (TPSA) is 66.8 Å². The summed E-state index contributed by atoms with van der Waals surface area (Å²) in [6.45, 7) is 1.50. The van der Waals surface area contributed by atoms with Crippen LogP contribution < -0.4 is 4.74 Å². The smallest absolute Gasteiger partial charge is 0.193 e. The lowest BCUT2D eigenvalue weighted by atomic mass is 9.90. The zero-order valence-corrected chi connectivity index (χ0v) is 17.1. The molecule has 0 fully saturated rings. The molecule has 6 heteroatoms. The van der Waals surface area contributed by atoms with Gasteiger partial charge in [-0.25, -0.2) is 0 Å². The van der Waals surface area contributed by atoms with Crippen molar-refractivity contribution < 1.29 is 19.4 Å². The highest BCUT2D eigenvalue weighted by molar-refractivity contribution is 6.30. The summed E-state index contributed by atoms with van der Waals surface area (Å²) in [6.07, 6.45) is 6.29. The van der Waals surface area contributed by atoms with Crippen LogP contribution in [0.4, 0.5) is 0 Å². The first-order valence-corrected chi connectivity index (χ1v) is 9.57. The molecule has 0 saturated carbocycles. The van der Waals surface area contributed by atoms with Crippen LogP contribution in [-0.2, 0) is 0 Å². The summed E-state index contributed by atoms with van der Waals surface area (Å²) in [6, 6.07) is 8.58. The number of phenols is 1. The van der Waals surface area contributed by atoms with Crippen LogP contribution in [0.15, 0.2) is 42.5 Å². The van der Waals surface area contributed by atoms with Gasteiger partial charge in [-0.15, -0.1) is 0 Å². The molecule has 1 heterocycles. The van der Waals surface area contributed by atoms with Crippen molar-refractivity contribution >= 4 is 35.3 Å². The first-order chi connectivity index (χ1) is 13.9. The zero-order chi connectivity index (χ0) is 21.0. The predicted octanol–water partition coefficient (Wildman–Crippen LogP) is 4.48. The Morgan fingerprint density at radius 1 is 1.31 bits per heavy atom. The van der Waals surface area contributed by atoms with Gasteiger partial charge >= 0.3 is 0 Å². The molecule has 0 bridgehead atoms. The first kappa shape index (κ1) is 20.8. The normalized spacial score (nSPS) is 14.7. The van der Waals surface area contributed by atoms with Crippen LogP contribution in [0.5, 0.6) is 11.5 Å². The lowest BCUT2D eigenvalue weighted by Gasteiger charge is -2.24. The summed E-state index contributed by atoms with van der Waals surface area (Å²) in [5.41, 5.74) is 2.33. The minimum atomic E-state index is -0.424. The lowest BCUT2D eigenvalue weighted by Crippen LogP contribution is -2.24. The van der Waals surface area contributed by atoms with Crippen molar-refractivity contribution in [3.05, 3.63) is 69.8 Å². The minimum absolute atomic E-state index is 0.0335. The number of phenolic OH excluding ortho intramolecular Hbond substituents is 1. The third-order valence-corrected chi connectivity index (χ3v) is 5.13. The third-order valence-electron chi connectivity index (χ3n) is 4.90. The minimum Gasteiger partial charge on any atom is -0.506 e. The Morgan fingerprint density at radius 2 is 2.10 bits per heavy atom. The summed E-state index contributed by atoms with van der Waals surface area (Å²) < 4.78 is 5.30. The predicted molar refractivity (Wildman–Crippen MR) is 115 cm³/mol. The van der Waals surface area contributed by atoms with Gasteiger partial charge in [0.2, 0.25) is 0 Å². The van der Waals surface area contributed by atoms with E-state index in [4.69, 9.17) is 16.3 Å². The molecule has 5 nitrogen and oxygen atoms in total. The molecule has 0 amide bonds. The highest BCUT2D eigenvalue weighted by atomic mass is 35.5. The first-order valence-electron chi connectivity index (χ1n) is 9.19. The van der Waals surface area contributed by atoms with Gasteiger partial charge < -0.3 is 14.7 Å². The van der Waals surface area contributed by atoms with Crippen molar-refractivity contribution in [2.75, 3.05) is 27.2 Å². The monoisotopic (exact) mass is 411 g/mol. The number of aromatic hydroxyl groups is 1. The Morgan fingerprint density at radius 3 is 2.72 bits per heavy atom. The van der Waals surface area contributed by atoms with E-state index in [1.54, 1.807) is 24.3 Å². The van der Waals surface area contributed by atoms with Gasteiger partial charge in [0.1, 0.15) is 17.1 Å². The number of aldehydes is 1. The van der Waals surface area contributed by atoms with Crippen LogP contribution in [0, 0.1) is 0 Å². The standard InChI is InChI=1S/C23H22ClNO4/c1-25-10-8-16(9-11-25)21-17(14-26)13-20(29-2)22(23(21)28)19(27)7-6-15-4-3-5-18(24)12-15/h3-8,12-14,28H,9-11H2,1-2H3/b7-6+. The SMILES string of the molecule is COc1cc(C=O)c(C2=CCN(C)CC2)c(O)c1C(=O)/C=C/c1cccc(Cl)c1. The maximum atomic E-state index is 12.9. The van der Waals surface area contributed by atoms with E-state index >= 15 is 0 Å². The van der Waals surface area contributed by atoms with Crippen molar-refractivity contribution in [2.45, 2.75) is 6.42 Å². The number of allylic oxidation sites excluding steroid dienone is 1. The van der Waals surface area contributed by atoms with E-state index in [1.807, 2.05) is 19.2 Å². The third kappa shape index (κ3) is 4.58. The summed E-state index contributed by atoms with van der Waals surface area (Å²) in [7, 11) is 3.40. The van der Waals surface area contributed by atoms with Crippen molar-refractivity contribution in [3.63, 3.8) is 0 Å². The van der Waals surface area contributed by atoms with Gasteiger partial charge in [0.15, 0.2) is 12.1 Å². The zero-order valence-electron chi connectivity index (χ0n) is 16.3. The summed E-state index contributed by atoms with van der Waals surface area (Å²) in [5, 5.41) is 11.5. The van der Waals surface area contributed by atoms with E-state index in [0.717, 1.165) is 17.7 Å². The summed E-state index contributed by atoms with van der Waals surface area (Å²) >= 11 is 5.98. The average molecular weight is 412 g/mol. The van der Waals surface area contributed by atoms with E-state index in [9.17, 15) is 14.7 Å². The fourth-order valence-electron chi connectivity index (χ4n) is 3.36. The number of ketones is 1. The molecule has 0 spiro atoms. The number of ether oxygens (including phenoxy) is 1. The molecule has 0 atom stereocenters. The molecular formula is C23H22ClNO4. The molecule has 2 aromatic carbocycles. The Labute approximate surface area is 174 Å². The Hall–Kier alpha value is -2.89. The van der Waals surface area contributed by atoms with Gasteiger partial charge in [-0.3, -0.25) is 9.59 Å². The molecule has 2 aromatic rings. The van der Waals surface area contributed by atoms with Crippen molar-refractivity contribution in [1.82, 2.24) is 4.90 Å². The molecule has 0 saturated heterocycles. The molecular weight excluding hydrogens is 390 g/mol. The average Bonchev–Trinajstić information content (AvgIpc) is 2.72. The quantitative estimate of drug-likeness (QED) is 0.431. The van der Waals surface area contributed by atoms with Crippen molar-refractivity contribution in [1.29, 1.82) is 0 Å². The largest absolute Gasteiger partial charge is 0.506 e. The van der Waals surface area contributed by atoms with E-state index in [2.05, 4.69) is 4.90 Å². The van der Waals surface area contributed by atoms with E-state index in [1.165, 1.54) is 19.3 Å². The number of carbonyl (C=O) groups is 2. The second-order valence-corrected chi connectivity index (χ2v) is 7.32. The van der Waals surface area contributed by atoms with Gasteiger partial charge in [0.25, 0.3) is 0 Å². The molecule has 1 aliphatic rings. The van der Waals surface area contributed by atoms with Crippen LogP contribution >= 0.6 is 11.6 Å². The second-order valence-electron chi connectivity index (χ2n) is 6.88. The number of carbonyl (C=O) groups excluding carboxylic acids is 2. The van der Waals surface area contributed by atoms with Crippen LogP contribution in [-0.4, -0.2) is 49.3 Å². The fourth-order valence-corrected chi connectivity index (χ4v) is 3.56. The number of benzene rings is 2. The maximum Gasteiger partial charge on any atom is 0.193 e. The summed E-state index contributed by atoms with van der Waals surface area (Å²) in [5.74, 6) is -0.503. The van der Waals surface area contributed by atoms with Gasteiger partial charge in [0, 0.05) is 29.2 Å². The Balaban J connectivity index is 2.06. The van der Waals surface area contributed by atoms with E-state index in [0.29, 0.717) is 35.4 Å². The molecule has 3 rings (SSSR count). The molecule has 29 heavy (non-hydrogen) atoms. The van der Waals surface area contributed by atoms with Gasteiger partial charge in [-0.1, -0.05) is 35.9 Å². The number of methoxy groups -OCH3 is 1. The van der Waals surface area contributed by atoms with Gasteiger partial charge in [-0.05, 0) is 48.9 Å². The fraction of sp³-hybridized carbons (Fsp3) is 0.217. The van der Waals surface area contributed by atoms with Gasteiger partial charge in [0.05, 0.1) is 7.11 Å². The summed E-state index contributed by atoms with van der Waals surface area (Å²) in [4.78, 5) is 26.7. The number of hydrogen-bond acceptors (Lipinski definition) is 5. The molecule has 0 radical (unpaired) electrons. The van der Waals surface area contributed by atoms with Crippen molar-refractivity contribution in [3.8, 4) is 11.5 Å². The molecule has 150 valence electrons. The van der Waals surface area contributed by atoms with Crippen LogP contribution in [0.3, 0.4) is 0 Å². The lowest BCUT2D eigenvalue weighted by molar-refractivity contribution is 0.104. The number of hydrogen-bond donors (Lipinski definition) is 1. The molecule has 0 aliphatic carbocycles. The van der Waals surface area contributed by atoms with E-state index < -0.39 is 5.78 Å². The van der Waals surface area contributed by atoms with Crippen LogP contribution in [0.25, 0.3) is 11.6 Å². The van der Waals surface area contributed by atoms with Crippen molar-refractivity contribution in [2.24, 2.45) is 0 Å². The number of likely N-dealkylation sites (N-methyl/N-ethyl adjacent to an activating group) is 1. The van der Waals surface area contributed by atoms with Crippen LogP contribution in [0.2, 0.25) is 5.02 Å². The number of nitrogens with zero attached hydrogens (tertiary/aromatic N) is 1. The highest BCUT2D eigenvalue weighted by Crippen LogP contribution is 2.40. The molecule has 1 aliphatic heterocycles. The molecule has 0 unspecified atom stereocenters. The number of rotatable bonds is 6. The highest BCUT2D eigenvalue weighted by Gasteiger charge is 2.25. The second kappa shape index (κ2) is 9.07. The van der Waals surface area contributed by atoms with Gasteiger partial charge in [-0.2, -0.15) is 0 Å². The Kier molecular flexibility index (Phi) is 6.52. The Bertz CT molecular complexity index is 1010. The van der Waals surface area contributed by atoms with Crippen LogP contribution in [0.1, 0.15) is 38.3 Å².